The van der Waals surface area contributed by atoms with Crippen molar-refractivity contribution < 1.29 is 4.74 Å². The Kier molecular flexibility index (Phi) is 3.20. The lowest BCUT2D eigenvalue weighted by atomic mass is 9.85. The molecule has 2 unspecified atom stereocenters. The smallest absolute Gasteiger partial charge is 0.122 e. The maximum Gasteiger partial charge on any atom is 0.122 e. The summed E-state index contributed by atoms with van der Waals surface area (Å²) in [5.74, 6) is 1.96. The van der Waals surface area contributed by atoms with Gasteiger partial charge in [0.25, 0.3) is 0 Å². The van der Waals surface area contributed by atoms with Crippen LogP contribution in [-0.2, 0) is 0 Å². The van der Waals surface area contributed by atoms with Gasteiger partial charge in [-0.25, -0.2) is 0 Å². The SMILES string of the molecule is CC(C)C(Cl)C1CCOc2ccccc21. The Labute approximate surface area is 96.4 Å². The zero-order valence-electron chi connectivity index (χ0n) is 9.24. The van der Waals surface area contributed by atoms with Gasteiger partial charge in [0.2, 0.25) is 0 Å². The fourth-order valence-corrected chi connectivity index (χ4v) is 2.43. The van der Waals surface area contributed by atoms with Crippen LogP contribution < -0.4 is 4.74 Å². The molecule has 2 rings (SSSR count). The van der Waals surface area contributed by atoms with E-state index < -0.39 is 0 Å². The maximum absolute atomic E-state index is 6.47. The molecule has 15 heavy (non-hydrogen) atoms. The van der Waals surface area contributed by atoms with Crippen LogP contribution in [0.1, 0.15) is 31.7 Å². The second kappa shape index (κ2) is 4.44. The van der Waals surface area contributed by atoms with Crippen LogP contribution in [-0.4, -0.2) is 12.0 Å². The Morgan fingerprint density at radius 2 is 2.07 bits per heavy atom. The van der Waals surface area contributed by atoms with Crippen LogP contribution in [0.3, 0.4) is 0 Å². The first-order valence-electron chi connectivity index (χ1n) is 5.56. The molecule has 1 heterocycles. The Morgan fingerprint density at radius 3 is 2.80 bits per heavy atom. The van der Waals surface area contributed by atoms with Crippen LogP contribution in [0.4, 0.5) is 0 Å². The van der Waals surface area contributed by atoms with Gasteiger partial charge >= 0.3 is 0 Å². The number of hydrogen-bond donors (Lipinski definition) is 0. The van der Waals surface area contributed by atoms with E-state index in [1.165, 1.54) is 5.56 Å². The van der Waals surface area contributed by atoms with Gasteiger partial charge in [0.05, 0.1) is 6.61 Å². The summed E-state index contributed by atoms with van der Waals surface area (Å²) in [6.45, 7) is 5.14. The van der Waals surface area contributed by atoms with Crippen LogP contribution >= 0.6 is 11.6 Å². The number of benzene rings is 1. The lowest BCUT2D eigenvalue weighted by molar-refractivity contribution is 0.257. The van der Waals surface area contributed by atoms with E-state index in [-0.39, 0.29) is 5.38 Å². The number of ether oxygens (including phenoxy) is 1. The molecule has 82 valence electrons. The average Bonchev–Trinajstić information content (AvgIpc) is 2.27. The summed E-state index contributed by atoms with van der Waals surface area (Å²) in [6, 6.07) is 8.24. The quantitative estimate of drug-likeness (QED) is 0.694. The molecule has 0 N–H and O–H groups in total. The molecule has 2 heteroatoms. The maximum atomic E-state index is 6.47. The van der Waals surface area contributed by atoms with Crippen molar-refractivity contribution in [2.45, 2.75) is 31.6 Å². The van der Waals surface area contributed by atoms with Gasteiger partial charge in [0, 0.05) is 11.3 Å². The standard InChI is InChI=1S/C13H17ClO/c1-9(2)13(14)11-7-8-15-12-6-4-3-5-10(11)12/h3-6,9,11,13H,7-8H2,1-2H3. The van der Waals surface area contributed by atoms with Gasteiger partial charge in [0.15, 0.2) is 0 Å². The van der Waals surface area contributed by atoms with Crippen molar-refractivity contribution in [2.75, 3.05) is 6.61 Å². The van der Waals surface area contributed by atoms with E-state index in [9.17, 15) is 0 Å². The monoisotopic (exact) mass is 224 g/mol. The van der Waals surface area contributed by atoms with E-state index in [4.69, 9.17) is 16.3 Å². The zero-order chi connectivity index (χ0) is 10.8. The van der Waals surface area contributed by atoms with Crippen molar-refractivity contribution in [1.29, 1.82) is 0 Å². The first kappa shape index (κ1) is 10.8. The molecule has 1 aromatic rings. The van der Waals surface area contributed by atoms with Gasteiger partial charge in [-0.05, 0) is 24.0 Å². The summed E-state index contributed by atoms with van der Waals surface area (Å²) < 4.78 is 5.62. The van der Waals surface area contributed by atoms with Crippen LogP contribution in [0, 0.1) is 5.92 Å². The second-order valence-electron chi connectivity index (χ2n) is 4.47. The summed E-state index contributed by atoms with van der Waals surface area (Å²) in [5.41, 5.74) is 1.28. The van der Waals surface area contributed by atoms with E-state index in [0.29, 0.717) is 11.8 Å². The molecule has 0 saturated carbocycles. The van der Waals surface area contributed by atoms with Crippen LogP contribution in [0.2, 0.25) is 0 Å². The minimum absolute atomic E-state index is 0.204. The summed E-state index contributed by atoms with van der Waals surface area (Å²) in [4.78, 5) is 0. The first-order valence-corrected chi connectivity index (χ1v) is 5.99. The van der Waals surface area contributed by atoms with E-state index in [0.717, 1.165) is 18.8 Å². The number of para-hydroxylation sites is 1. The van der Waals surface area contributed by atoms with Crippen molar-refractivity contribution in [3.05, 3.63) is 29.8 Å². The van der Waals surface area contributed by atoms with Crippen molar-refractivity contribution in [2.24, 2.45) is 5.92 Å². The molecule has 0 spiro atoms. The van der Waals surface area contributed by atoms with Gasteiger partial charge < -0.3 is 4.74 Å². The molecule has 1 aliphatic rings. The predicted octanol–water partition coefficient (Wildman–Crippen LogP) is 3.82. The largest absolute Gasteiger partial charge is 0.493 e. The van der Waals surface area contributed by atoms with Gasteiger partial charge in [-0.1, -0.05) is 32.0 Å². The van der Waals surface area contributed by atoms with Crippen molar-refractivity contribution in [1.82, 2.24) is 0 Å². The molecule has 0 amide bonds. The first-order chi connectivity index (χ1) is 7.20. The van der Waals surface area contributed by atoms with E-state index in [1.54, 1.807) is 0 Å². The molecule has 0 saturated heterocycles. The Bertz CT molecular complexity index is 335. The van der Waals surface area contributed by atoms with Gasteiger partial charge in [-0.15, -0.1) is 11.6 Å². The van der Waals surface area contributed by atoms with Gasteiger partial charge in [-0.3, -0.25) is 0 Å². The molecule has 0 aromatic heterocycles. The molecule has 1 aromatic carbocycles. The second-order valence-corrected chi connectivity index (χ2v) is 4.97. The molecular formula is C13H17ClO. The topological polar surface area (TPSA) is 9.23 Å². The summed E-state index contributed by atoms with van der Waals surface area (Å²) in [6.07, 6.45) is 1.03. The van der Waals surface area contributed by atoms with E-state index in [1.807, 2.05) is 12.1 Å². The third-order valence-electron chi connectivity index (χ3n) is 3.03. The average molecular weight is 225 g/mol. The van der Waals surface area contributed by atoms with E-state index in [2.05, 4.69) is 26.0 Å². The van der Waals surface area contributed by atoms with Crippen molar-refractivity contribution in [3.63, 3.8) is 0 Å². The number of alkyl halides is 1. The highest BCUT2D eigenvalue weighted by molar-refractivity contribution is 6.21. The molecule has 1 nitrogen and oxygen atoms in total. The molecule has 0 fully saturated rings. The summed E-state index contributed by atoms with van der Waals surface area (Å²) in [5, 5.41) is 0.204. The Morgan fingerprint density at radius 1 is 1.33 bits per heavy atom. The van der Waals surface area contributed by atoms with Crippen molar-refractivity contribution in [3.8, 4) is 5.75 Å². The van der Waals surface area contributed by atoms with E-state index >= 15 is 0 Å². The van der Waals surface area contributed by atoms with Gasteiger partial charge in [-0.2, -0.15) is 0 Å². The Balaban J connectivity index is 2.29. The van der Waals surface area contributed by atoms with Crippen LogP contribution in [0.25, 0.3) is 0 Å². The highest BCUT2D eigenvalue weighted by Crippen LogP contribution is 2.39. The normalized spacial score (nSPS) is 22.0. The highest BCUT2D eigenvalue weighted by atomic mass is 35.5. The molecule has 0 radical (unpaired) electrons. The fourth-order valence-electron chi connectivity index (χ4n) is 2.17. The molecule has 0 bridgehead atoms. The number of fused-ring (bicyclic) bond motifs is 1. The lowest BCUT2D eigenvalue weighted by Crippen LogP contribution is -2.24. The number of halogens is 1. The van der Waals surface area contributed by atoms with Crippen molar-refractivity contribution >= 4 is 11.6 Å². The van der Waals surface area contributed by atoms with Crippen LogP contribution in [0.5, 0.6) is 5.75 Å². The summed E-state index contributed by atoms with van der Waals surface area (Å²) in [7, 11) is 0. The zero-order valence-corrected chi connectivity index (χ0v) is 10.00. The number of hydrogen-bond acceptors (Lipinski definition) is 1. The third-order valence-corrected chi connectivity index (χ3v) is 3.83. The highest BCUT2D eigenvalue weighted by Gasteiger charge is 2.29. The summed E-state index contributed by atoms with van der Waals surface area (Å²) >= 11 is 6.47. The number of rotatable bonds is 2. The molecular weight excluding hydrogens is 208 g/mol. The fraction of sp³-hybridized carbons (Fsp3) is 0.538. The Hall–Kier alpha value is -0.690. The molecule has 2 atom stereocenters. The van der Waals surface area contributed by atoms with Gasteiger partial charge in [0.1, 0.15) is 5.75 Å². The predicted molar refractivity (Wildman–Crippen MR) is 63.8 cm³/mol. The lowest BCUT2D eigenvalue weighted by Gasteiger charge is -2.30. The minimum atomic E-state index is 0.204. The molecule has 0 aliphatic carbocycles. The molecule has 1 aliphatic heterocycles. The van der Waals surface area contributed by atoms with Crippen LogP contribution in [0.15, 0.2) is 24.3 Å². The minimum Gasteiger partial charge on any atom is -0.493 e. The third kappa shape index (κ3) is 2.12.